The van der Waals surface area contributed by atoms with Crippen molar-refractivity contribution in [3.63, 3.8) is 0 Å². The van der Waals surface area contributed by atoms with Gasteiger partial charge in [0.05, 0.1) is 0 Å². The summed E-state index contributed by atoms with van der Waals surface area (Å²) in [6, 6.07) is 13.1. The second-order valence-corrected chi connectivity index (χ2v) is 6.19. The van der Waals surface area contributed by atoms with E-state index in [4.69, 9.17) is 5.73 Å². The van der Waals surface area contributed by atoms with Gasteiger partial charge in [-0.3, -0.25) is 0 Å². The highest BCUT2D eigenvalue weighted by atomic mass is 79.9. The van der Waals surface area contributed by atoms with E-state index >= 15 is 0 Å². The first-order valence-corrected chi connectivity index (χ1v) is 7.88. The van der Waals surface area contributed by atoms with E-state index in [-0.39, 0.29) is 6.04 Å². The minimum atomic E-state index is 0.151. The van der Waals surface area contributed by atoms with Crippen LogP contribution < -0.4 is 5.73 Å². The van der Waals surface area contributed by atoms with Crippen molar-refractivity contribution in [2.24, 2.45) is 11.7 Å². The monoisotopic (exact) mass is 319 g/mol. The fourth-order valence-corrected chi connectivity index (χ4v) is 2.96. The summed E-state index contributed by atoms with van der Waals surface area (Å²) in [4.78, 5) is 0. The molecule has 0 aliphatic carbocycles. The lowest BCUT2D eigenvalue weighted by Crippen LogP contribution is -2.14. The average Bonchev–Trinajstić information content (AvgIpc) is 2.43. The predicted octanol–water partition coefficient (Wildman–Crippen LogP) is 5.43. The topological polar surface area (TPSA) is 26.0 Å². The predicted molar refractivity (Wildman–Crippen MR) is 87.3 cm³/mol. The Kier molecular flexibility index (Phi) is 5.00. The smallest absolute Gasteiger partial charge is 0.0297 e. The Labute approximate surface area is 124 Å². The number of hydrogen-bond donors (Lipinski definition) is 1. The van der Waals surface area contributed by atoms with Crippen molar-refractivity contribution in [3.8, 4) is 0 Å². The molecule has 0 saturated heterocycles. The van der Waals surface area contributed by atoms with Crippen LogP contribution in [0.2, 0.25) is 0 Å². The number of hydrogen-bond acceptors (Lipinski definition) is 1. The summed E-state index contributed by atoms with van der Waals surface area (Å²) in [5, 5.41) is 2.52. The Morgan fingerprint density at radius 3 is 2.32 bits per heavy atom. The first-order valence-electron chi connectivity index (χ1n) is 7.08. The van der Waals surface area contributed by atoms with E-state index in [1.165, 1.54) is 29.2 Å². The molecule has 0 radical (unpaired) electrons. The van der Waals surface area contributed by atoms with Gasteiger partial charge in [0.1, 0.15) is 0 Å². The molecule has 0 aromatic heterocycles. The third-order valence-electron chi connectivity index (χ3n) is 4.00. The van der Waals surface area contributed by atoms with E-state index in [1.807, 2.05) is 0 Å². The largest absolute Gasteiger partial charge is 0.324 e. The summed E-state index contributed by atoms with van der Waals surface area (Å²) in [7, 11) is 0. The molecule has 2 rings (SSSR count). The number of halogens is 1. The summed E-state index contributed by atoms with van der Waals surface area (Å²) in [5.41, 5.74) is 7.61. The Bertz CT molecular complexity index is 546. The second-order valence-electron chi connectivity index (χ2n) is 5.28. The Balaban J connectivity index is 2.23. The third kappa shape index (κ3) is 3.58. The van der Waals surface area contributed by atoms with Gasteiger partial charge in [0.25, 0.3) is 0 Å². The molecule has 0 heterocycles. The van der Waals surface area contributed by atoms with Crippen LogP contribution in [0.4, 0.5) is 0 Å². The van der Waals surface area contributed by atoms with Gasteiger partial charge in [0.15, 0.2) is 0 Å². The zero-order valence-electron chi connectivity index (χ0n) is 11.7. The second kappa shape index (κ2) is 6.53. The van der Waals surface area contributed by atoms with E-state index in [9.17, 15) is 0 Å². The SMILES string of the molecule is CCC(CC)CC(N)c1ccc2cc(Br)ccc2c1. The van der Waals surface area contributed by atoms with Crippen molar-refractivity contribution in [2.45, 2.75) is 39.2 Å². The fraction of sp³-hybridized carbons (Fsp3) is 0.412. The summed E-state index contributed by atoms with van der Waals surface area (Å²) in [5.74, 6) is 0.732. The normalized spacial score (nSPS) is 13.1. The van der Waals surface area contributed by atoms with Crippen molar-refractivity contribution in [2.75, 3.05) is 0 Å². The maximum absolute atomic E-state index is 6.36. The molecule has 19 heavy (non-hydrogen) atoms. The number of fused-ring (bicyclic) bond motifs is 1. The Morgan fingerprint density at radius 2 is 1.63 bits per heavy atom. The van der Waals surface area contributed by atoms with Gasteiger partial charge in [-0.2, -0.15) is 0 Å². The zero-order valence-corrected chi connectivity index (χ0v) is 13.3. The van der Waals surface area contributed by atoms with Crippen molar-refractivity contribution in [3.05, 3.63) is 46.4 Å². The van der Waals surface area contributed by atoms with Crippen LogP contribution >= 0.6 is 15.9 Å². The van der Waals surface area contributed by atoms with E-state index < -0.39 is 0 Å². The van der Waals surface area contributed by atoms with Crippen LogP contribution in [-0.2, 0) is 0 Å². The van der Waals surface area contributed by atoms with E-state index in [1.54, 1.807) is 0 Å². The molecular formula is C17H22BrN. The molecule has 1 nitrogen and oxygen atoms in total. The summed E-state index contributed by atoms with van der Waals surface area (Å²) < 4.78 is 1.12. The molecule has 0 aliphatic rings. The van der Waals surface area contributed by atoms with Gasteiger partial charge < -0.3 is 5.73 Å². The molecule has 1 unspecified atom stereocenters. The highest BCUT2D eigenvalue weighted by Gasteiger charge is 2.12. The molecule has 2 heteroatoms. The van der Waals surface area contributed by atoms with Gasteiger partial charge in [-0.25, -0.2) is 0 Å². The molecule has 0 fully saturated rings. The van der Waals surface area contributed by atoms with Crippen molar-refractivity contribution >= 4 is 26.7 Å². The molecule has 0 bridgehead atoms. The maximum atomic E-state index is 6.36. The first kappa shape index (κ1) is 14.5. The molecule has 2 aromatic rings. The summed E-state index contributed by atoms with van der Waals surface area (Å²) in [6.07, 6.45) is 3.50. The van der Waals surface area contributed by atoms with Gasteiger partial charge in [0.2, 0.25) is 0 Å². The summed E-state index contributed by atoms with van der Waals surface area (Å²) >= 11 is 3.51. The summed E-state index contributed by atoms with van der Waals surface area (Å²) in [6.45, 7) is 4.50. The highest BCUT2D eigenvalue weighted by molar-refractivity contribution is 9.10. The van der Waals surface area contributed by atoms with Gasteiger partial charge in [-0.05, 0) is 46.9 Å². The fourth-order valence-electron chi connectivity index (χ4n) is 2.58. The molecule has 0 amide bonds. The molecule has 0 spiro atoms. The number of rotatable bonds is 5. The molecule has 0 saturated carbocycles. The highest BCUT2D eigenvalue weighted by Crippen LogP contribution is 2.27. The molecular weight excluding hydrogens is 298 g/mol. The van der Waals surface area contributed by atoms with Crippen LogP contribution in [-0.4, -0.2) is 0 Å². The van der Waals surface area contributed by atoms with Crippen LogP contribution in [0.1, 0.15) is 44.7 Å². The molecule has 102 valence electrons. The average molecular weight is 320 g/mol. The molecule has 2 N–H and O–H groups in total. The number of benzene rings is 2. The van der Waals surface area contributed by atoms with Gasteiger partial charge in [-0.1, -0.05) is 60.8 Å². The van der Waals surface area contributed by atoms with Crippen molar-refractivity contribution < 1.29 is 0 Å². The molecule has 0 aliphatic heterocycles. The lowest BCUT2D eigenvalue weighted by Gasteiger charge is -2.19. The standard InChI is InChI=1S/C17H22BrN/c1-3-12(4-2)9-17(19)15-6-5-14-11-16(18)8-7-13(14)10-15/h5-8,10-12,17H,3-4,9,19H2,1-2H3. The molecule has 2 aromatic carbocycles. The van der Waals surface area contributed by atoms with E-state index in [0.29, 0.717) is 0 Å². The van der Waals surface area contributed by atoms with Gasteiger partial charge in [-0.15, -0.1) is 0 Å². The third-order valence-corrected chi connectivity index (χ3v) is 4.49. The minimum Gasteiger partial charge on any atom is -0.324 e. The van der Waals surface area contributed by atoms with Crippen LogP contribution in [0.25, 0.3) is 10.8 Å². The maximum Gasteiger partial charge on any atom is 0.0297 e. The number of nitrogens with two attached hydrogens (primary N) is 1. The van der Waals surface area contributed by atoms with Crippen molar-refractivity contribution in [1.29, 1.82) is 0 Å². The Hall–Kier alpha value is -0.860. The lowest BCUT2D eigenvalue weighted by atomic mass is 9.91. The van der Waals surface area contributed by atoms with Crippen LogP contribution in [0.3, 0.4) is 0 Å². The van der Waals surface area contributed by atoms with Gasteiger partial charge in [0, 0.05) is 10.5 Å². The minimum absolute atomic E-state index is 0.151. The van der Waals surface area contributed by atoms with Gasteiger partial charge >= 0.3 is 0 Å². The van der Waals surface area contributed by atoms with Crippen LogP contribution in [0, 0.1) is 5.92 Å². The van der Waals surface area contributed by atoms with Crippen LogP contribution in [0.15, 0.2) is 40.9 Å². The van der Waals surface area contributed by atoms with E-state index in [2.05, 4.69) is 66.2 Å². The van der Waals surface area contributed by atoms with Crippen molar-refractivity contribution in [1.82, 2.24) is 0 Å². The van der Waals surface area contributed by atoms with Crippen LogP contribution in [0.5, 0.6) is 0 Å². The lowest BCUT2D eigenvalue weighted by molar-refractivity contribution is 0.415. The Morgan fingerprint density at radius 1 is 1.00 bits per heavy atom. The van der Waals surface area contributed by atoms with E-state index in [0.717, 1.165) is 16.8 Å². The first-order chi connectivity index (χ1) is 9.13. The molecule has 1 atom stereocenters. The zero-order chi connectivity index (χ0) is 13.8. The quantitative estimate of drug-likeness (QED) is 0.781.